The Balaban J connectivity index is 2.02. The van der Waals surface area contributed by atoms with Crippen LogP contribution in [0.15, 0.2) is 30.3 Å². The first kappa shape index (κ1) is 13.6. The van der Waals surface area contributed by atoms with Crippen molar-refractivity contribution in [3.8, 4) is 23.0 Å². The van der Waals surface area contributed by atoms with E-state index in [1.54, 1.807) is 6.07 Å². The lowest BCUT2D eigenvalue weighted by Crippen LogP contribution is -2.30. The Morgan fingerprint density at radius 3 is 2.43 bits per heavy atom. The minimum absolute atomic E-state index is 0.102. The van der Waals surface area contributed by atoms with E-state index >= 15 is 0 Å². The standard InChI is InChI=1S/C16H16O5/c1-8-2-9(4-10(17)3-8)16-14(20)7-12-13(19)5-11(18)6-15(12)21-16/h2-6,14,16-20H,7H2,1H3/t14-,16-/m1/s1. The quantitative estimate of drug-likeness (QED) is 0.645. The Labute approximate surface area is 121 Å². The van der Waals surface area contributed by atoms with Crippen molar-refractivity contribution in [3.05, 3.63) is 47.0 Å². The van der Waals surface area contributed by atoms with Gasteiger partial charge in [-0.1, -0.05) is 6.07 Å². The van der Waals surface area contributed by atoms with Gasteiger partial charge in [0.2, 0.25) is 0 Å². The molecular weight excluding hydrogens is 272 g/mol. The molecule has 0 saturated carbocycles. The molecule has 0 unspecified atom stereocenters. The number of aliphatic hydroxyl groups excluding tert-OH is 1. The number of aryl methyl sites for hydroxylation is 1. The molecule has 3 rings (SSSR count). The van der Waals surface area contributed by atoms with Crippen LogP contribution in [0.4, 0.5) is 0 Å². The van der Waals surface area contributed by atoms with E-state index in [1.807, 2.05) is 13.0 Å². The lowest BCUT2D eigenvalue weighted by Gasteiger charge is -2.31. The average molecular weight is 288 g/mol. The number of benzene rings is 2. The van der Waals surface area contributed by atoms with Gasteiger partial charge in [0.15, 0.2) is 0 Å². The molecule has 5 nitrogen and oxygen atoms in total. The Morgan fingerprint density at radius 1 is 1.00 bits per heavy atom. The summed E-state index contributed by atoms with van der Waals surface area (Å²) in [4.78, 5) is 0. The molecule has 0 amide bonds. The second kappa shape index (κ2) is 4.86. The van der Waals surface area contributed by atoms with E-state index in [2.05, 4.69) is 0 Å². The molecule has 1 aliphatic rings. The molecule has 1 heterocycles. The molecule has 5 heteroatoms. The predicted molar refractivity (Wildman–Crippen MR) is 75.7 cm³/mol. The van der Waals surface area contributed by atoms with Crippen LogP contribution < -0.4 is 4.74 Å². The summed E-state index contributed by atoms with van der Waals surface area (Å²) in [6, 6.07) is 7.59. The van der Waals surface area contributed by atoms with Crippen molar-refractivity contribution in [1.82, 2.24) is 0 Å². The summed E-state index contributed by atoms with van der Waals surface area (Å²) in [5.74, 6) is 0.234. The number of phenols is 3. The van der Waals surface area contributed by atoms with E-state index in [0.29, 0.717) is 16.9 Å². The van der Waals surface area contributed by atoms with Crippen LogP contribution in [0.1, 0.15) is 22.8 Å². The zero-order valence-corrected chi connectivity index (χ0v) is 11.4. The normalized spacial score (nSPS) is 20.7. The summed E-state index contributed by atoms with van der Waals surface area (Å²) >= 11 is 0. The molecular formula is C16H16O5. The molecule has 2 atom stereocenters. The average Bonchev–Trinajstić information content (AvgIpc) is 2.38. The number of ether oxygens (including phenoxy) is 1. The molecule has 0 aromatic heterocycles. The van der Waals surface area contributed by atoms with Crippen LogP contribution >= 0.6 is 0 Å². The highest BCUT2D eigenvalue weighted by atomic mass is 16.5. The fraction of sp³-hybridized carbons (Fsp3) is 0.250. The van der Waals surface area contributed by atoms with Gasteiger partial charge in [0.25, 0.3) is 0 Å². The van der Waals surface area contributed by atoms with Crippen molar-refractivity contribution in [2.45, 2.75) is 25.6 Å². The van der Waals surface area contributed by atoms with Crippen molar-refractivity contribution in [2.24, 2.45) is 0 Å². The molecule has 1 aliphatic heterocycles. The highest BCUT2D eigenvalue weighted by molar-refractivity contribution is 5.51. The Bertz CT molecular complexity index is 675. The zero-order chi connectivity index (χ0) is 15.1. The van der Waals surface area contributed by atoms with Gasteiger partial charge in [-0.05, 0) is 30.2 Å². The summed E-state index contributed by atoms with van der Waals surface area (Å²) in [6.07, 6.45) is -1.31. The predicted octanol–water partition coefficient (Wildman–Crippen LogP) is 2.15. The zero-order valence-electron chi connectivity index (χ0n) is 11.4. The number of aliphatic hydroxyl groups is 1. The third-order valence-electron chi connectivity index (χ3n) is 3.60. The van der Waals surface area contributed by atoms with Gasteiger partial charge in [-0.2, -0.15) is 0 Å². The summed E-state index contributed by atoms with van der Waals surface area (Å²) < 4.78 is 5.72. The first-order valence-electron chi connectivity index (χ1n) is 6.64. The molecule has 0 saturated heterocycles. The maximum absolute atomic E-state index is 10.3. The Hall–Kier alpha value is -2.40. The third-order valence-corrected chi connectivity index (χ3v) is 3.60. The van der Waals surface area contributed by atoms with E-state index < -0.39 is 12.2 Å². The van der Waals surface area contributed by atoms with Gasteiger partial charge < -0.3 is 25.2 Å². The maximum atomic E-state index is 10.3. The summed E-state index contributed by atoms with van der Waals surface area (Å²) in [5, 5.41) is 39.3. The highest BCUT2D eigenvalue weighted by Gasteiger charge is 2.32. The number of phenolic OH excluding ortho intramolecular Hbond substituents is 3. The van der Waals surface area contributed by atoms with Crippen LogP contribution in [-0.2, 0) is 6.42 Å². The van der Waals surface area contributed by atoms with E-state index in [4.69, 9.17) is 4.74 Å². The van der Waals surface area contributed by atoms with Gasteiger partial charge >= 0.3 is 0 Å². The maximum Gasteiger partial charge on any atom is 0.150 e. The van der Waals surface area contributed by atoms with E-state index in [-0.39, 0.29) is 23.7 Å². The van der Waals surface area contributed by atoms with Crippen molar-refractivity contribution >= 4 is 0 Å². The van der Waals surface area contributed by atoms with Gasteiger partial charge in [-0.25, -0.2) is 0 Å². The molecule has 0 fully saturated rings. The van der Waals surface area contributed by atoms with Gasteiger partial charge in [0, 0.05) is 24.1 Å². The van der Waals surface area contributed by atoms with Crippen molar-refractivity contribution < 1.29 is 25.2 Å². The van der Waals surface area contributed by atoms with Crippen LogP contribution in [0.25, 0.3) is 0 Å². The lowest BCUT2D eigenvalue weighted by molar-refractivity contribution is 0.0197. The highest BCUT2D eigenvalue weighted by Crippen LogP contribution is 2.42. The van der Waals surface area contributed by atoms with Crippen LogP contribution in [0.3, 0.4) is 0 Å². The number of hydrogen-bond donors (Lipinski definition) is 4. The first-order valence-corrected chi connectivity index (χ1v) is 6.64. The van der Waals surface area contributed by atoms with E-state index in [9.17, 15) is 20.4 Å². The second-order valence-electron chi connectivity index (χ2n) is 5.35. The number of aromatic hydroxyl groups is 3. The minimum atomic E-state index is -0.853. The van der Waals surface area contributed by atoms with E-state index in [1.165, 1.54) is 18.2 Å². The lowest BCUT2D eigenvalue weighted by atomic mass is 9.93. The number of fused-ring (bicyclic) bond motifs is 1. The Kier molecular flexibility index (Phi) is 3.14. The molecule has 2 aromatic rings. The first-order chi connectivity index (χ1) is 9.94. The summed E-state index contributed by atoms with van der Waals surface area (Å²) in [5.41, 5.74) is 1.97. The SMILES string of the molecule is Cc1cc(O)cc([C@H]2Oc3cc(O)cc(O)c3C[C@H]2O)c1. The van der Waals surface area contributed by atoms with E-state index in [0.717, 1.165) is 5.56 Å². The molecule has 0 spiro atoms. The van der Waals surface area contributed by atoms with Gasteiger partial charge in [0.05, 0.1) is 6.10 Å². The minimum Gasteiger partial charge on any atom is -0.508 e. The molecule has 2 aromatic carbocycles. The number of rotatable bonds is 1. The van der Waals surface area contributed by atoms with Crippen LogP contribution in [0.2, 0.25) is 0 Å². The van der Waals surface area contributed by atoms with Crippen LogP contribution in [0, 0.1) is 6.92 Å². The molecule has 4 N–H and O–H groups in total. The Morgan fingerprint density at radius 2 is 1.71 bits per heavy atom. The monoisotopic (exact) mass is 288 g/mol. The topological polar surface area (TPSA) is 90.2 Å². The van der Waals surface area contributed by atoms with Crippen LogP contribution in [0.5, 0.6) is 23.0 Å². The van der Waals surface area contributed by atoms with Gasteiger partial charge in [-0.15, -0.1) is 0 Å². The van der Waals surface area contributed by atoms with Gasteiger partial charge in [-0.3, -0.25) is 0 Å². The third kappa shape index (κ3) is 2.48. The summed E-state index contributed by atoms with van der Waals surface area (Å²) in [6.45, 7) is 1.84. The smallest absolute Gasteiger partial charge is 0.150 e. The molecule has 21 heavy (non-hydrogen) atoms. The molecule has 110 valence electrons. The van der Waals surface area contributed by atoms with Crippen molar-refractivity contribution in [2.75, 3.05) is 0 Å². The second-order valence-corrected chi connectivity index (χ2v) is 5.35. The molecule has 0 aliphatic carbocycles. The summed E-state index contributed by atoms with van der Waals surface area (Å²) in [7, 11) is 0. The van der Waals surface area contributed by atoms with Gasteiger partial charge in [0.1, 0.15) is 29.1 Å². The largest absolute Gasteiger partial charge is 0.508 e. The fourth-order valence-electron chi connectivity index (χ4n) is 2.70. The fourth-order valence-corrected chi connectivity index (χ4v) is 2.70. The number of hydrogen-bond acceptors (Lipinski definition) is 5. The van der Waals surface area contributed by atoms with Crippen molar-refractivity contribution in [1.29, 1.82) is 0 Å². The van der Waals surface area contributed by atoms with Crippen molar-refractivity contribution in [3.63, 3.8) is 0 Å². The van der Waals surface area contributed by atoms with Crippen LogP contribution in [-0.4, -0.2) is 26.5 Å². The molecule has 0 radical (unpaired) electrons. The molecule has 0 bridgehead atoms.